The first-order valence-corrected chi connectivity index (χ1v) is 13.1. The van der Waals surface area contributed by atoms with Crippen LogP contribution >= 0.6 is 11.3 Å². The second-order valence-electron chi connectivity index (χ2n) is 10.0. The van der Waals surface area contributed by atoms with Crippen LogP contribution in [0.2, 0.25) is 0 Å². The quantitative estimate of drug-likeness (QED) is 0.645. The summed E-state index contributed by atoms with van der Waals surface area (Å²) in [5.41, 5.74) is 1.12. The van der Waals surface area contributed by atoms with Crippen LogP contribution in [0, 0.1) is 23.2 Å². The third-order valence-corrected chi connectivity index (χ3v) is 9.03. The molecule has 34 heavy (non-hydrogen) atoms. The van der Waals surface area contributed by atoms with Crippen LogP contribution in [0.1, 0.15) is 74.4 Å². The Bertz CT molecular complexity index is 1040. The van der Waals surface area contributed by atoms with Crippen LogP contribution in [-0.4, -0.2) is 56.0 Å². The first-order valence-electron chi connectivity index (χ1n) is 12.2. The Hall–Kier alpha value is -2.39. The number of rotatable bonds is 6. The molecule has 1 unspecified atom stereocenters. The molecular formula is C25H35N5O3S. The van der Waals surface area contributed by atoms with Gasteiger partial charge in [-0.3, -0.25) is 19.9 Å². The smallest absolute Gasteiger partial charge is 0.277 e. The first-order chi connectivity index (χ1) is 16.2. The highest BCUT2D eigenvalue weighted by atomic mass is 32.1. The minimum absolute atomic E-state index is 0.0105. The highest BCUT2D eigenvalue weighted by Crippen LogP contribution is 2.57. The van der Waals surface area contributed by atoms with Gasteiger partial charge in [0.15, 0.2) is 5.13 Å². The molecule has 8 nitrogen and oxygen atoms in total. The fraction of sp³-hybridized carbons (Fsp3) is 0.640. The van der Waals surface area contributed by atoms with Crippen LogP contribution in [0.5, 0.6) is 0 Å². The van der Waals surface area contributed by atoms with Gasteiger partial charge in [-0.1, -0.05) is 20.8 Å². The Labute approximate surface area is 205 Å². The summed E-state index contributed by atoms with van der Waals surface area (Å²) in [6, 6.07) is 0. The number of aliphatic hydroxyl groups excluding tert-OH is 1. The van der Waals surface area contributed by atoms with E-state index in [1.165, 1.54) is 34.8 Å². The lowest BCUT2D eigenvalue weighted by Gasteiger charge is -2.53. The zero-order valence-electron chi connectivity index (χ0n) is 20.6. The molecule has 2 aromatic heterocycles. The number of fused-ring (bicyclic) bond motifs is 2. The molecule has 2 aromatic rings. The monoisotopic (exact) mass is 485 g/mol. The van der Waals surface area contributed by atoms with Gasteiger partial charge in [0.25, 0.3) is 5.91 Å². The number of carbonyl (C=O) groups excluding carboxylic acids is 2. The molecule has 2 amide bonds. The van der Waals surface area contributed by atoms with E-state index in [0.717, 1.165) is 25.0 Å². The van der Waals surface area contributed by atoms with E-state index in [4.69, 9.17) is 4.98 Å². The van der Waals surface area contributed by atoms with E-state index in [9.17, 15) is 14.7 Å². The van der Waals surface area contributed by atoms with Gasteiger partial charge in [-0.05, 0) is 50.4 Å². The van der Waals surface area contributed by atoms with Crippen molar-refractivity contribution in [3.05, 3.63) is 34.9 Å². The Morgan fingerprint density at radius 2 is 2.06 bits per heavy atom. The van der Waals surface area contributed by atoms with Crippen LogP contribution in [0.25, 0.3) is 0 Å². The number of nitrogens with one attached hydrogen (secondary N) is 1. The molecular weight excluding hydrogens is 450 g/mol. The van der Waals surface area contributed by atoms with Gasteiger partial charge in [-0.15, -0.1) is 11.3 Å². The van der Waals surface area contributed by atoms with Crippen LogP contribution in [-0.2, 0) is 11.2 Å². The molecule has 0 aliphatic heterocycles. The van der Waals surface area contributed by atoms with Gasteiger partial charge in [-0.2, -0.15) is 0 Å². The molecule has 0 radical (unpaired) electrons. The van der Waals surface area contributed by atoms with Gasteiger partial charge in [0.2, 0.25) is 5.91 Å². The number of thiazole rings is 1. The number of amides is 2. The van der Waals surface area contributed by atoms with Crippen LogP contribution in [0.4, 0.5) is 5.13 Å². The van der Waals surface area contributed by atoms with Gasteiger partial charge in [-0.25, -0.2) is 9.97 Å². The molecule has 2 heterocycles. The van der Waals surface area contributed by atoms with Crippen molar-refractivity contribution in [1.29, 1.82) is 0 Å². The molecule has 2 N–H and O–H groups in total. The second-order valence-corrected chi connectivity index (χ2v) is 11.1. The van der Waals surface area contributed by atoms with Gasteiger partial charge >= 0.3 is 0 Å². The minimum Gasteiger partial charge on any atom is -0.392 e. The molecule has 4 rings (SSSR count). The van der Waals surface area contributed by atoms with Crippen LogP contribution in [0.15, 0.2) is 18.6 Å². The van der Waals surface area contributed by atoms with Gasteiger partial charge in [0, 0.05) is 42.2 Å². The fourth-order valence-corrected chi connectivity index (χ4v) is 7.44. The van der Waals surface area contributed by atoms with Crippen LogP contribution < -0.4 is 5.32 Å². The maximum atomic E-state index is 13.0. The molecule has 184 valence electrons. The molecule has 0 saturated heterocycles. The van der Waals surface area contributed by atoms with E-state index in [1.54, 1.807) is 0 Å². The lowest BCUT2D eigenvalue weighted by molar-refractivity contribution is -0.144. The van der Waals surface area contributed by atoms with Gasteiger partial charge in [0.1, 0.15) is 5.69 Å². The van der Waals surface area contributed by atoms with E-state index in [0.29, 0.717) is 18.2 Å². The topological polar surface area (TPSA) is 108 Å². The highest BCUT2D eigenvalue weighted by Gasteiger charge is 2.54. The summed E-state index contributed by atoms with van der Waals surface area (Å²) < 4.78 is 0. The van der Waals surface area contributed by atoms with E-state index in [2.05, 4.69) is 29.1 Å². The number of anilines is 1. The maximum Gasteiger partial charge on any atom is 0.277 e. The van der Waals surface area contributed by atoms with E-state index in [1.807, 2.05) is 25.7 Å². The van der Waals surface area contributed by atoms with Crippen molar-refractivity contribution in [1.82, 2.24) is 19.9 Å². The predicted molar refractivity (Wildman–Crippen MR) is 132 cm³/mol. The van der Waals surface area contributed by atoms with Crippen molar-refractivity contribution in [3.8, 4) is 0 Å². The zero-order valence-corrected chi connectivity index (χ0v) is 21.4. The van der Waals surface area contributed by atoms with Gasteiger partial charge in [0.05, 0.1) is 18.0 Å². The lowest BCUT2D eigenvalue weighted by atomic mass is 9.53. The van der Waals surface area contributed by atoms with Crippen LogP contribution in [0.3, 0.4) is 0 Å². The number of aliphatic hydroxyl groups is 1. The zero-order chi connectivity index (χ0) is 24.6. The van der Waals surface area contributed by atoms with Crippen molar-refractivity contribution < 1.29 is 14.7 Å². The number of aromatic nitrogens is 3. The SMILES string of the molecule is CCN(CC)C(=O)[C@@H](C)C1CC[C@@]2(C)Cc3sc(NC(=O)c4cnccn4)nc3[C@@H](C)[C@@H]2[C@H]1O. The second kappa shape index (κ2) is 9.70. The Kier molecular flexibility index (Phi) is 7.05. The Morgan fingerprint density at radius 1 is 1.32 bits per heavy atom. The largest absolute Gasteiger partial charge is 0.392 e. The summed E-state index contributed by atoms with van der Waals surface area (Å²) in [7, 11) is 0. The van der Waals surface area contributed by atoms with Gasteiger partial charge < -0.3 is 10.0 Å². The highest BCUT2D eigenvalue weighted by molar-refractivity contribution is 7.15. The molecule has 2 aliphatic rings. The summed E-state index contributed by atoms with van der Waals surface area (Å²) in [4.78, 5) is 41.4. The number of hydrogen-bond acceptors (Lipinski definition) is 7. The van der Waals surface area contributed by atoms with E-state index < -0.39 is 6.10 Å². The van der Waals surface area contributed by atoms with E-state index >= 15 is 0 Å². The number of hydrogen-bond donors (Lipinski definition) is 2. The third kappa shape index (κ3) is 4.35. The standard InChI is InChI=1S/C25H35N5O3S/c1-6-30(7-2)23(33)14(3)16-8-9-25(5)12-18-20(15(4)19(25)21(16)31)28-24(34-18)29-22(32)17-13-26-10-11-27-17/h10-11,13-16,19,21,31H,6-9,12H2,1-5H3,(H,28,29,32)/t14-,15-,16?,19+,21-,25-/m0/s1. The van der Waals surface area contributed by atoms with Crippen molar-refractivity contribution >= 4 is 28.3 Å². The molecule has 1 saturated carbocycles. The molecule has 1 fully saturated rings. The molecule has 0 aromatic carbocycles. The third-order valence-electron chi connectivity index (χ3n) is 8.05. The van der Waals surface area contributed by atoms with Crippen molar-refractivity contribution in [2.75, 3.05) is 18.4 Å². The average molecular weight is 486 g/mol. The summed E-state index contributed by atoms with van der Waals surface area (Å²) in [6.07, 6.45) is 6.47. The van der Waals surface area contributed by atoms with Crippen molar-refractivity contribution in [2.24, 2.45) is 23.2 Å². The number of nitrogens with zero attached hydrogens (tertiary/aromatic N) is 4. The summed E-state index contributed by atoms with van der Waals surface area (Å²) in [5, 5.41) is 15.0. The first kappa shape index (κ1) is 24.7. The average Bonchev–Trinajstić information content (AvgIpc) is 3.21. The Morgan fingerprint density at radius 3 is 2.71 bits per heavy atom. The summed E-state index contributed by atoms with van der Waals surface area (Å²) in [6.45, 7) is 11.7. The molecule has 9 heteroatoms. The fourth-order valence-electron chi connectivity index (χ4n) is 6.18. The normalized spacial score (nSPS) is 29.0. The minimum atomic E-state index is -0.573. The lowest BCUT2D eigenvalue weighted by Crippen LogP contribution is -2.53. The summed E-state index contributed by atoms with van der Waals surface area (Å²) >= 11 is 1.51. The Balaban J connectivity index is 1.55. The molecule has 2 aliphatic carbocycles. The number of carbonyl (C=O) groups is 2. The molecule has 0 bridgehead atoms. The molecule has 0 spiro atoms. The van der Waals surface area contributed by atoms with Crippen molar-refractivity contribution in [3.63, 3.8) is 0 Å². The van der Waals surface area contributed by atoms with Crippen molar-refractivity contribution in [2.45, 2.75) is 65.9 Å². The predicted octanol–water partition coefficient (Wildman–Crippen LogP) is 3.74. The molecule has 6 atom stereocenters. The van der Waals surface area contributed by atoms with E-state index in [-0.39, 0.29) is 46.6 Å². The summed E-state index contributed by atoms with van der Waals surface area (Å²) in [5.74, 6) is -0.448. The maximum absolute atomic E-state index is 13.0.